The molecule has 1 fully saturated rings. The van der Waals surface area contributed by atoms with Gasteiger partial charge in [-0.2, -0.15) is 5.10 Å². The molecular weight excluding hydrogens is 188 g/mol. The largest absolute Gasteiger partial charge is 0.370 e. The first-order chi connectivity index (χ1) is 7.45. The van der Waals surface area contributed by atoms with Crippen LogP contribution in [0.2, 0.25) is 0 Å². The number of anilines is 1. The molecule has 82 valence electrons. The van der Waals surface area contributed by atoms with Crippen molar-refractivity contribution in [3.05, 3.63) is 12.3 Å². The van der Waals surface area contributed by atoms with Crippen LogP contribution in [0.15, 0.2) is 12.3 Å². The number of nitrogens with one attached hydrogen (secondary N) is 2. The predicted octanol–water partition coefficient (Wildman–Crippen LogP) is 1.24. The molecule has 1 saturated heterocycles. The van der Waals surface area contributed by atoms with Gasteiger partial charge in [0, 0.05) is 12.6 Å². The van der Waals surface area contributed by atoms with Crippen LogP contribution in [0.1, 0.15) is 25.3 Å². The molecule has 1 aromatic rings. The Kier molecular flexibility index (Phi) is 2.37. The molecule has 3 heterocycles. The number of piperidine rings is 1. The molecule has 1 aromatic heterocycles. The molecule has 0 radical (unpaired) electrons. The minimum atomic E-state index is 0.601. The van der Waals surface area contributed by atoms with Crippen molar-refractivity contribution < 1.29 is 0 Å². The average molecular weight is 206 g/mol. The van der Waals surface area contributed by atoms with Gasteiger partial charge in [-0.3, -0.25) is 0 Å². The van der Waals surface area contributed by atoms with E-state index in [1.807, 2.05) is 6.20 Å². The highest BCUT2D eigenvalue weighted by Crippen LogP contribution is 2.32. The molecule has 15 heavy (non-hydrogen) atoms. The summed E-state index contributed by atoms with van der Waals surface area (Å²) in [5.41, 5.74) is 0. The van der Waals surface area contributed by atoms with E-state index in [1.54, 1.807) is 0 Å². The Bertz CT molecular complexity index is 327. The van der Waals surface area contributed by atoms with Crippen molar-refractivity contribution in [1.82, 2.24) is 15.1 Å². The fourth-order valence-corrected chi connectivity index (χ4v) is 2.83. The van der Waals surface area contributed by atoms with Crippen LogP contribution in [0.4, 0.5) is 5.82 Å². The maximum Gasteiger partial charge on any atom is 0.124 e. The van der Waals surface area contributed by atoms with Gasteiger partial charge in [0.2, 0.25) is 0 Å². The van der Waals surface area contributed by atoms with E-state index in [-0.39, 0.29) is 0 Å². The SMILES string of the molecule is c1cc2n(n1)C(C1CCCNC1)CCN2. The van der Waals surface area contributed by atoms with Gasteiger partial charge in [-0.25, -0.2) is 4.68 Å². The molecule has 2 aliphatic heterocycles. The van der Waals surface area contributed by atoms with Crippen LogP contribution in [0.25, 0.3) is 0 Å². The zero-order valence-electron chi connectivity index (χ0n) is 8.95. The fraction of sp³-hybridized carbons (Fsp3) is 0.727. The monoisotopic (exact) mass is 206 g/mol. The highest BCUT2D eigenvalue weighted by atomic mass is 15.4. The topological polar surface area (TPSA) is 41.9 Å². The second-order valence-corrected chi connectivity index (χ2v) is 4.55. The summed E-state index contributed by atoms with van der Waals surface area (Å²) >= 11 is 0. The molecule has 0 amide bonds. The lowest BCUT2D eigenvalue weighted by Crippen LogP contribution is -2.38. The first-order valence-electron chi connectivity index (χ1n) is 5.93. The highest BCUT2D eigenvalue weighted by Gasteiger charge is 2.28. The Morgan fingerprint density at radius 3 is 3.20 bits per heavy atom. The van der Waals surface area contributed by atoms with Gasteiger partial charge in [-0.15, -0.1) is 0 Å². The van der Waals surface area contributed by atoms with Crippen molar-refractivity contribution in [3.8, 4) is 0 Å². The fourth-order valence-electron chi connectivity index (χ4n) is 2.83. The van der Waals surface area contributed by atoms with Gasteiger partial charge in [-0.1, -0.05) is 0 Å². The maximum absolute atomic E-state index is 4.44. The van der Waals surface area contributed by atoms with Gasteiger partial charge in [0.15, 0.2) is 0 Å². The van der Waals surface area contributed by atoms with E-state index in [2.05, 4.69) is 26.5 Å². The van der Waals surface area contributed by atoms with Crippen LogP contribution >= 0.6 is 0 Å². The molecular formula is C11H18N4. The van der Waals surface area contributed by atoms with Crippen LogP contribution in [0, 0.1) is 5.92 Å². The zero-order valence-corrected chi connectivity index (χ0v) is 8.95. The second-order valence-electron chi connectivity index (χ2n) is 4.55. The molecule has 2 N–H and O–H groups in total. The number of nitrogens with zero attached hydrogens (tertiary/aromatic N) is 2. The smallest absolute Gasteiger partial charge is 0.124 e. The van der Waals surface area contributed by atoms with E-state index < -0.39 is 0 Å². The molecule has 3 rings (SSSR count). The summed E-state index contributed by atoms with van der Waals surface area (Å²) in [7, 11) is 0. The first-order valence-corrected chi connectivity index (χ1v) is 5.93. The van der Waals surface area contributed by atoms with Crippen molar-refractivity contribution >= 4 is 5.82 Å². The van der Waals surface area contributed by atoms with Crippen molar-refractivity contribution in [3.63, 3.8) is 0 Å². The molecule has 0 aliphatic carbocycles. The lowest BCUT2D eigenvalue weighted by atomic mass is 9.89. The molecule has 0 saturated carbocycles. The molecule has 0 spiro atoms. The summed E-state index contributed by atoms with van der Waals surface area (Å²) in [6.45, 7) is 3.43. The van der Waals surface area contributed by atoms with E-state index in [9.17, 15) is 0 Å². The number of rotatable bonds is 1. The minimum absolute atomic E-state index is 0.601. The maximum atomic E-state index is 4.44. The third-order valence-electron chi connectivity index (χ3n) is 3.61. The van der Waals surface area contributed by atoms with Gasteiger partial charge in [-0.05, 0) is 38.3 Å². The summed E-state index contributed by atoms with van der Waals surface area (Å²) in [6.07, 6.45) is 5.76. The second kappa shape index (κ2) is 3.85. The van der Waals surface area contributed by atoms with Crippen LogP contribution in [-0.4, -0.2) is 29.4 Å². The summed E-state index contributed by atoms with van der Waals surface area (Å²) in [4.78, 5) is 0. The third kappa shape index (κ3) is 1.63. The molecule has 2 unspecified atom stereocenters. The van der Waals surface area contributed by atoms with Crippen molar-refractivity contribution in [2.75, 3.05) is 25.0 Å². The van der Waals surface area contributed by atoms with Gasteiger partial charge >= 0.3 is 0 Å². The van der Waals surface area contributed by atoms with Gasteiger partial charge in [0.1, 0.15) is 5.82 Å². The standard InChI is InChI=1S/C11H18N4/c1-2-9(8-12-5-1)10-3-6-13-11-4-7-14-15(10)11/h4,7,9-10,12-13H,1-3,5-6,8H2. The van der Waals surface area contributed by atoms with Crippen LogP contribution in [0.3, 0.4) is 0 Å². The number of fused-ring (bicyclic) bond motifs is 1. The molecule has 4 heteroatoms. The molecule has 0 aromatic carbocycles. The van der Waals surface area contributed by atoms with E-state index in [1.165, 1.54) is 31.6 Å². The summed E-state index contributed by atoms with van der Waals surface area (Å²) in [5.74, 6) is 1.95. The van der Waals surface area contributed by atoms with Crippen molar-refractivity contribution in [2.45, 2.75) is 25.3 Å². The quantitative estimate of drug-likeness (QED) is 0.726. The van der Waals surface area contributed by atoms with E-state index in [4.69, 9.17) is 0 Å². The normalized spacial score (nSPS) is 30.7. The first kappa shape index (κ1) is 9.21. The van der Waals surface area contributed by atoms with Crippen LogP contribution in [-0.2, 0) is 0 Å². The summed E-state index contributed by atoms with van der Waals surface area (Å²) < 4.78 is 2.18. The average Bonchev–Trinajstić information content (AvgIpc) is 2.78. The van der Waals surface area contributed by atoms with Gasteiger partial charge in [0.05, 0.1) is 12.2 Å². The predicted molar refractivity (Wildman–Crippen MR) is 60.0 cm³/mol. The number of hydrogen-bond donors (Lipinski definition) is 2. The Morgan fingerprint density at radius 1 is 1.33 bits per heavy atom. The Labute approximate surface area is 90.0 Å². The van der Waals surface area contributed by atoms with E-state index in [0.29, 0.717) is 6.04 Å². The van der Waals surface area contributed by atoms with E-state index in [0.717, 1.165) is 19.0 Å². The highest BCUT2D eigenvalue weighted by molar-refractivity contribution is 5.36. The summed E-state index contributed by atoms with van der Waals surface area (Å²) in [5, 5.41) is 11.3. The third-order valence-corrected chi connectivity index (χ3v) is 3.61. The number of aromatic nitrogens is 2. The van der Waals surface area contributed by atoms with Crippen LogP contribution in [0.5, 0.6) is 0 Å². The summed E-state index contributed by atoms with van der Waals surface area (Å²) in [6, 6.07) is 2.67. The Balaban J connectivity index is 1.82. The Hall–Kier alpha value is -1.03. The molecule has 0 bridgehead atoms. The van der Waals surface area contributed by atoms with Crippen molar-refractivity contribution in [1.29, 1.82) is 0 Å². The van der Waals surface area contributed by atoms with Gasteiger partial charge < -0.3 is 10.6 Å². The molecule has 4 nitrogen and oxygen atoms in total. The zero-order chi connectivity index (χ0) is 10.1. The molecule has 2 atom stereocenters. The lowest BCUT2D eigenvalue weighted by molar-refractivity contribution is 0.236. The van der Waals surface area contributed by atoms with Crippen LogP contribution < -0.4 is 10.6 Å². The Morgan fingerprint density at radius 2 is 2.33 bits per heavy atom. The minimum Gasteiger partial charge on any atom is -0.370 e. The van der Waals surface area contributed by atoms with Crippen molar-refractivity contribution in [2.24, 2.45) is 5.92 Å². The van der Waals surface area contributed by atoms with E-state index >= 15 is 0 Å². The number of hydrogen-bond acceptors (Lipinski definition) is 3. The lowest BCUT2D eigenvalue weighted by Gasteiger charge is -2.34. The van der Waals surface area contributed by atoms with Gasteiger partial charge in [0.25, 0.3) is 0 Å². The molecule has 2 aliphatic rings.